The summed E-state index contributed by atoms with van der Waals surface area (Å²) in [6.45, 7) is 8.28. The van der Waals surface area contributed by atoms with Crippen LogP contribution < -0.4 is 0 Å². The Morgan fingerprint density at radius 3 is 2.28 bits per heavy atom. The van der Waals surface area contributed by atoms with Crippen LogP contribution in [0.1, 0.15) is 36.8 Å². The summed E-state index contributed by atoms with van der Waals surface area (Å²) in [6.07, 6.45) is 0.792. The molecule has 3 heteroatoms. The fourth-order valence-corrected chi connectivity index (χ4v) is 1.90. The molecular weight excluding hydrogens is 224 g/mol. The molecule has 0 spiro atoms. The van der Waals surface area contributed by atoms with Crippen molar-refractivity contribution in [2.75, 3.05) is 0 Å². The van der Waals surface area contributed by atoms with Crippen molar-refractivity contribution < 1.29 is 4.79 Å². The number of aromatic nitrogens is 2. The number of carbonyl (C=O) groups is 1. The van der Waals surface area contributed by atoms with Crippen molar-refractivity contribution in [2.45, 2.75) is 33.2 Å². The van der Waals surface area contributed by atoms with Crippen LogP contribution in [0.5, 0.6) is 0 Å². The predicted molar refractivity (Wildman–Crippen MR) is 72.8 cm³/mol. The molecule has 1 heterocycles. The molecule has 0 saturated carbocycles. The van der Waals surface area contributed by atoms with E-state index in [-0.39, 0.29) is 5.54 Å². The molecule has 0 atom stereocenters. The van der Waals surface area contributed by atoms with Crippen LogP contribution in [0.4, 0.5) is 0 Å². The van der Waals surface area contributed by atoms with E-state index in [4.69, 9.17) is 0 Å². The van der Waals surface area contributed by atoms with Crippen LogP contribution >= 0.6 is 0 Å². The van der Waals surface area contributed by atoms with E-state index < -0.39 is 0 Å². The highest BCUT2D eigenvalue weighted by Crippen LogP contribution is 2.26. The average molecular weight is 242 g/mol. The van der Waals surface area contributed by atoms with Crippen LogP contribution in [0.2, 0.25) is 0 Å². The smallest absolute Gasteiger partial charge is 0.170 e. The molecule has 0 unspecified atom stereocenters. The van der Waals surface area contributed by atoms with Gasteiger partial charge in [0.05, 0.1) is 11.2 Å². The quantitative estimate of drug-likeness (QED) is 0.756. The zero-order valence-electron chi connectivity index (χ0n) is 11.3. The largest absolute Gasteiger partial charge is 0.296 e. The lowest BCUT2D eigenvalue weighted by molar-refractivity contribution is 0.111. The summed E-state index contributed by atoms with van der Waals surface area (Å²) in [6, 6.07) is 10.1. The molecule has 0 aliphatic heterocycles. The number of hydrogen-bond acceptors (Lipinski definition) is 2. The van der Waals surface area contributed by atoms with Crippen LogP contribution in [0, 0.1) is 6.92 Å². The third-order valence-electron chi connectivity index (χ3n) is 2.83. The molecule has 2 rings (SSSR count). The van der Waals surface area contributed by atoms with Gasteiger partial charge in [-0.15, -0.1) is 0 Å². The number of benzene rings is 1. The van der Waals surface area contributed by atoms with Gasteiger partial charge in [0.15, 0.2) is 6.29 Å². The number of aryl methyl sites for hydroxylation is 1. The molecule has 0 N–H and O–H groups in total. The van der Waals surface area contributed by atoms with Gasteiger partial charge in [-0.1, -0.05) is 29.8 Å². The van der Waals surface area contributed by atoms with Gasteiger partial charge in [0.2, 0.25) is 0 Å². The van der Waals surface area contributed by atoms with Gasteiger partial charge in [-0.2, -0.15) is 5.10 Å². The maximum Gasteiger partial charge on any atom is 0.170 e. The lowest BCUT2D eigenvalue weighted by Crippen LogP contribution is -2.24. The highest BCUT2D eigenvalue weighted by atomic mass is 16.1. The molecule has 1 aromatic carbocycles. The van der Waals surface area contributed by atoms with Crippen molar-refractivity contribution in [3.63, 3.8) is 0 Å². The van der Waals surface area contributed by atoms with Crippen molar-refractivity contribution in [3.8, 4) is 11.3 Å². The Hall–Kier alpha value is -1.90. The first-order valence-electron chi connectivity index (χ1n) is 6.04. The Morgan fingerprint density at radius 1 is 1.17 bits per heavy atom. The monoisotopic (exact) mass is 242 g/mol. The van der Waals surface area contributed by atoms with E-state index in [1.807, 2.05) is 10.7 Å². The Morgan fingerprint density at radius 2 is 1.78 bits per heavy atom. The van der Waals surface area contributed by atoms with Gasteiger partial charge in [0.25, 0.3) is 0 Å². The summed E-state index contributed by atoms with van der Waals surface area (Å²) in [5, 5.41) is 4.35. The molecule has 0 aliphatic rings. The van der Waals surface area contributed by atoms with E-state index in [0.717, 1.165) is 17.5 Å². The maximum atomic E-state index is 10.9. The molecule has 0 amide bonds. The van der Waals surface area contributed by atoms with E-state index in [9.17, 15) is 4.79 Å². The summed E-state index contributed by atoms with van der Waals surface area (Å²) in [5.74, 6) is 0. The van der Waals surface area contributed by atoms with Crippen LogP contribution in [0.3, 0.4) is 0 Å². The van der Waals surface area contributed by atoms with Gasteiger partial charge in [-0.25, -0.2) is 0 Å². The zero-order valence-corrected chi connectivity index (χ0v) is 11.3. The molecule has 1 aromatic heterocycles. The fraction of sp³-hybridized carbons (Fsp3) is 0.333. The summed E-state index contributed by atoms with van der Waals surface area (Å²) in [7, 11) is 0. The summed E-state index contributed by atoms with van der Waals surface area (Å²) < 4.78 is 1.90. The van der Waals surface area contributed by atoms with Gasteiger partial charge >= 0.3 is 0 Å². The first-order chi connectivity index (χ1) is 8.41. The summed E-state index contributed by atoms with van der Waals surface area (Å²) >= 11 is 0. The minimum atomic E-state index is -0.151. The third kappa shape index (κ3) is 2.35. The van der Waals surface area contributed by atoms with Crippen molar-refractivity contribution in [3.05, 3.63) is 41.6 Å². The molecule has 2 aromatic rings. The van der Waals surface area contributed by atoms with Gasteiger partial charge < -0.3 is 0 Å². The Kier molecular flexibility index (Phi) is 3.07. The third-order valence-corrected chi connectivity index (χ3v) is 2.83. The van der Waals surface area contributed by atoms with Crippen molar-refractivity contribution in [1.82, 2.24) is 9.78 Å². The summed E-state index contributed by atoms with van der Waals surface area (Å²) in [5.41, 5.74) is 3.60. The zero-order chi connectivity index (χ0) is 13.3. The van der Waals surface area contributed by atoms with E-state index in [2.05, 4.69) is 57.1 Å². The molecular formula is C15H18N2O. The Labute approximate surface area is 107 Å². The van der Waals surface area contributed by atoms with Gasteiger partial charge in [-0.05, 0) is 39.3 Å². The number of carbonyl (C=O) groups excluding carboxylic acids is 1. The second-order valence-electron chi connectivity index (χ2n) is 5.52. The minimum absolute atomic E-state index is 0.151. The summed E-state index contributed by atoms with van der Waals surface area (Å²) in [4.78, 5) is 10.9. The molecule has 0 saturated heterocycles. The fourth-order valence-electron chi connectivity index (χ4n) is 1.90. The second-order valence-corrected chi connectivity index (χ2v) is 5.52. The van der Waals surface area contributed by atoms with Crippen molar-refractivity contribution in [2.24, 2.45) is 0 Å². The molecule has 0 radical (unpaired) electrons. The molecule has 3 nitrogen and oxygen atoms in total. The van der Waals surface area contributed by atoms with Gasteiger partial charge in [0.1, 0.15) is 5.69 Å². The molecule has 0 fully saturated rings. The number of aldehydes is 1. The van der Waals surface area contributed by atoms with Crippen LogP contribution in [0.15, 0.2) is 30.3 Å². The van der Waals surface area contributed by atoms with Gasteiger partial charge in [-0.3, -0.25) is 9.48 Å². The normalized spacial score (nSPS) is 11.6. The van der Waals surface area contributed by atoms with Crippen molar-refractivity contribution >= 4 is 6.29 Å². The van der Waals surface area contributed by atoms with Crippen LogP contribution in [-0.4, -0.2) is 16.1 Å². The molecule has 18 heavy (non-hydrogen) atoms. The van der Waals surface area contributed by atoms with E-state index in [1.165, 1.54) is 5.56 Å². The predicted octanol–water partition coefficient (Wildman–Crippen LogP) is 3.43. The standard InChI is InChI=1S/C15H18N2O/c1-11-5-7-12(8-6-11)14-9-13(10-18)16-17(14)15(2,3)4/h5-10H,1-4H3. The highest BCUT2D eigenvalue weighted by molar-refractivity contribution is 5.75. The SMILES string of the molecule is Cc1ccc(-c2cc(C=O)nn2C(C)(C)C)cc1. The molecule has 0 aliphatic carbocycles. The minimum Gasteiger partial charge on any atom is -0.296 e. The number of rotatable bonds is 2. The second kappa shape index (κ2) is 4.41. The average Bonchev–Trinajstić information content (AvgIpc) is 2.74. The lowest BCUT2D eigenvalue weighted by atomic mass is 10.1. The topological polar surface area (TPSA) is 34.9 Å². The maximum absolute atomic E-state index is 10.9. The van der Waals surface area contributed by atoms with Gasteiger partial charge in [0, 0.05) is 0 Å². The number of hydrogen-bond donors (Lipinski definition) is 0. The van der Waals surface area contributed by atoms with Crippen LogP contribution in [-0.2, 0) is 5.54 Å². The van der Waals surface area contributed by atoms with Crippen LogP contribution in [0.25, 0.3) is 11.3 Å². The van der Waals surface area contributed by atoms with E-state index in [1.54, 1.807) is 0 Å². The molecule has 94 valence electrons. The van der Waals surface area contributed by atoms with E-state index in [0.29, 0.717) is 5.69 Å². The van der Waals surface area contributed by atoms with E-state index >= 15 is 0 Å². The molecule has 0 bridgehead atoms. The number of nitrogens with zero attached hydrogens (tertiary/aromatic N) is 2. The first-order valence-corrected chi connectivity index (χ1v) is 6.04. The van der Waals surface area contributed by atoms with Crippen molar-refractivity contribution in [1.29, 1.82) is 0 Å². The Bertz CT molecular complexity index is 559. The highest BCUT2D eigenvalue weighted by Gasteiger charge is 2.20. The first kappa shape index (κ1) is 12.6. The Balaban J connectivity index is 2.59. The lowest BCUT2D eigenvalue weighted by Gasteiger charge is -2.22.